The van der Waals surface area contributed by atoms with Crippen LogP contribution in [0.5, 0.6) is 0 Å². The number of sulfonamides is 1. The minimum absolute atomic E-state index is 0.122. The SMILES string of the molecule is Cc1cccc(C2=N[C@H](C(C)C)CO2)c1NS(C)(=O)=O. The molecule has 6 heteroatoms. The number of aliphatic imine (C=N–C) groups is 1. The molecule has 0 amide bonds. The van der Waals surface area contributed by atoms with Gasteiger partial charge < -0.3 is 4.74 Å². The van der Waals surface area contributed by atoms with Gasteiger partial charge in [0.2, 0.25) is 15.9 Å². The van der Waals surface area contributed by atoms with Crippen molar-refractivity contribution in [2.75, 3.05) is 17.6 Å². The highest BCUT2D eigenvalue weighted by Crippen LogP contribution is 2.26. The van der Waals surface area contributed by atoms with Crippen LogP contribution in [0.1, 0.15) is 25.0 Å². The Morgan fingerprint density at radius 2 is 2.10 bits per heavy atom. The van der Waals surface area contributed by atoms with E-state index in [1.54, 1.807) is 0 Å². The topological polar surface area (TPSA) is 67.8 Å². The molecule has 1 N–H and O–H groups in total. The third kappa shape index (κ3) is 3.30. The molecule has 5 nitrogen and oxygen atoms in total. The molecule has 0 bridgehead atoms. The number of nitrogens with zero attached hydrogens (tertiary/aromatic N) is 1. The van der Waals surface area contributed by atoms with E-state index >= 15 is 0 Å². The van der Waals surface area contributed by atoms with Crippen LogP contribution in [0.25, 0.3) is 0 Å². The number of nitrogens with one attached hydrogen (secondary N) is 1. The molecule has 0 radical (unpaired) electrons. The first kappa shape index (κ1) is 14.8. The van der Waals surface area contributed by atoms with Crippen LogP contribution in [0.15, 0.2) is 23.2 Å². The van der Waals surface area contributed by atoms with Gasteiger partial charge >= 0.3 is 0 Å². The normalized spacial score (nSPS) is 18.9. The van der Waals surface area contributed by atoms with Crippen molar-refractivity contribution < 1.29 is 13.2 Å². The summed E-state index contributed by atoms with van der Waals surface area (Å²) in [4.78, 5) is 4.55. The number of hydrogen-bond donors (Lipinski definition) is 1. The summed E-state index contributed by atoms with van der Waals surface area (Å²) in [5, 5.41) is 0. The van der Waals surface area contributed by atoms with E-state index in [4.69, 9.17) is 4.74 Å². The van der Waals surface area contributed by atoms with Gasteiger partial charge in [0.05, 0.1) is 23.5 Å². The van der Waals surface area contributed by atoms with Gasteiger partial charge in [-0.25, -0.2) is 13.4 Å². The van der Waals surface area contributed by atoms with Crippen LogP contribution < -0.4 is 4.72 Å². The lowest BCUT2D eigenvalue weighted by atomic mass is 10.1. The fourth-order valence-corrected chi connectivity index (χ4v) is 2.69. The van der Waals surface area contributed by atoms with E-state index in [0.29, 0.717) is 29.7 Å². The van der Waals surface area contributed by atoms with Crippen LogP contribution in [-0.4, -0.2) is 33.2 Å². The molecule has 1 aromatic carbocycles. The Morgan fingerprint density at radius 1 is 1.40 bits per heavy atom. The number of hydrogen-bond acceptors (Lipinski definition) is 4. The molecule has 1 aliphatic rings. The Bertz CT molecular complexity index is 636. The first-order valence-corrected chi connectivity index (χ1v) is 8.45. The van der Waals surface area contributed by atoms with Crippen molar-refractivity contribution in [3.63, 3.8) is 0 Å². The van der Waals surface area contributed by atoms with E-state index in [9.17, 15) is 8.42 Å². The second kappa shape index (κ2) is 5.44. The van der Waals surface area contributed by atoms with Crippen molar-refractivity contribution in [2.45, 2.75) is 26.8 Å². The van der Waals surface area contributed by atoms with E-state index in [-0.39, 0.29) is 6.04 Å². The largest absolute Gasteiger partial charge is 0.475 e. The zero-order chi connectivity index (χ0) is 14.9. The third-order valence-electron chi connectivity index (χ3n) is 3.23. The second-order valence-electron chi connectivity index (χ2n) is 5.43. The first-order valence-electron chi connectivity index (χ1n) is 6.56. The molecule has 0 aromatic heterocycles. The minimum Gasteiger partial charge on any atom is -0.475 e. The van der Waals surface area contributed by atoms with Gasteiger partial charge in [0.25, 0.3) is 0 Å². The van der Waals surface area contributed by atoms with Crippen LogP contribution in [0.4, 0.5) is 5.69 Å². The lowest BCUT2D eigenvalue weighted by molar-refractivity contribution is 0.292. The Hall–Kier alpha value is -1.56. The Balaban J connectivity index is 2.43. The van der Waals surface area contributed by atoms with Gasteiger partial charge in [0.15, 0.2) is 0 Å². The maximum Gasteiger partial charge on any atom is 0.229 e. The van der Waals surface area contributed by atoms with Crippen molar-refractivity contribution >= 4 is 21.6 Å². The molecule has 1 aromatic rings. The predicted molar refractivity (Wildman–Crippen MR) is 80.8 cm³/mol. The number of benzene rings is 1. The maximum absolute atomic E-state index is 11.5. The fraction of sp³-hybridized carbons (Fsp3) is 0.500. The van der Waals surface area contributed by atoms with Gasteiger partial charge in [0.1, 0.15) is 6.61 Å². The molecule has 20 heavy (non-hydrogen) atoms. The van der Waals surface area contributed by atoms with E-state index < -0.39 is 10.0 Å². The lowest BCUT2D eigenvalue weighted by Gasteiger charge is -2.13. The summed E-state index contributed by atoms with van der Waals surface area (Å²) in [6.07, 6.45) is 1.14. The molecular weight excluding hydrogens is 276 g/mol. The highest BCUT2D eigenvalue weighted by atomic mass is 32.2. The molecule has 0 saturated carbocycles. The number of para-hydroxylation sites is 1. The quantitative estimate of drug-likeness (QED) is 0.926. The molecular formula is C14H20N2O3S. The third-order valence-corrected chi connectivity index (χ3v) is 3.81. The van der Waals surface area contributed by atoms with Gasteiger partial charge in [-0.1, -0.05) is 26.0 Å². The molecule has 110 valence electrons. The number of aryl methyl sites for hydroxylation is 1. The lowest BCUT2D eigenvalue weighted by Crippen LogP contribution is -2.15. The van der Waals surface area contributed by atoms with Crippen molar-refractivity contribution in [1.29, 1.82) is 0 Å². The Labute approximate surface area is 120 Å². The Morgan fingerprint density at radius 3 is 2.65 bits per heavy atom. The van der Waals surface area contributed by atoms with Crippen molar-refractivity contribution in [2.24, 2.45) is 10.9 Å². The van der Waals surface area contributed by atoms with Crippen LogP contribution in [0.3, 0.4) is 0 Å². The monoisotopic (exact) mass is 296 g/mol. The molecule has 2 rings (SSSR count). The van der Waals surface area contributed by atoms with Gasteiger partial charge in [0, 0.05) is 0 Å². The van der Waals surface area contributed by atoms with Crippen LogP contribution >= 0.6 is 0 Å². The molecule has 0 saturated heterocycles. The fourth-order valence-electron chi connectivity index (χ4n) is 2.05. The Kier molecular flexibility index (Phi) is 4.04. The summed E-state index contributed by atoms with van der Waals surface area (Å²) in [6, 6.07) is 5.66. The van der Waals surface area contributed by atoms with E-state index in [1.165, 1.54) is 0 Å². The van der Waals surface area contributed by atoms with Crippen LogP contribution in [-0.2, 0) is 14.8 Å². The number of anilines is 1. The summed E-state index contributed by atoms with van der Waals surface area (Å²) in [5.41, 5.74) is 2.07. The van der Waals surface area contributed by atoms with Crippen LogP contribution in [0, 0.1) is 12.8 Å². The number of rotatable bonds is 4. The standard InChI is InChI=1S/C14H20N2O3S/c1-9(2)12-8-19-14(15-12)11-7-5-6-10(3)13(11)16-20(4,17)18/h5-7,9,12,16H,8H2,1-4H3/t12-/m0/s1. The molecule has 0 unspecified atom stereocenters. The zero-order valence-electron chi connectivity index (χ0n) is 12.2. The average Bonchev–Trinajstić information content (AvgIpc) is 2.79. The minimum atomic E-state index is -3.34. The summed E-state index contributed by atoms with van der Waals surface area (Å²) >= 11 is 0. The smallest absolute Gasteiger partial charge is 0.229 e. The van der Waals surface area contributed by atoms with Crippen LogP contribution in [0.2, 0.25) is 0 Å². The first-order chi connectivity index (χ1) is 9.28. The van der Waals surface area contributed by atoms with Gasteiger partial charge in [-0.15, -0.1) is 0 Å². The van der Waals surface area contributed by atoms with Gasteiger partial charge in [-0.2, -0.15) is 0 Å². The highest BCUT2D eigenvalue weighted by molar-refractivity contribution is 7.92. The molecule has 0 spiro atoms. The maximum atomic E-state index is 11.5. The molecule has 1 atom stereocenters. The van der Waals surface area contributed by atoms with Crippen molar-refractivity contribution in [1.82, 2.24) is 0 Å². The molecule has 0 fully saturated rings. The summed E-state index contributed by atoms with van der Waals surface area (Å²) in [7, 11) is -3.34. The highest BCUT2D eigenvalue weighted by Gasteiger charge is 2.25. The van der Waals surface area contributed by atoms with Gasteiger partial charge in [-0.3, -0.25) is 4.72 Å². The van der Waals surface area contributed by atoms with Gasteiger partial charge in [-0.05, 0) is 24.5 Å². The average molecular weight is 296 g/mol. The number of ether oxygens (including phenoxy) is 1. The predicted octanol–water partition coefficient (Wildman–Crippen LogP) is 2.17. The van der Waals surface area contributed by atoms with E-state index in [1.807, 2.05) is 25.1 Å². The van der Waals surface area contributed by atoms with E-state index in [0.717, 1.165) is 11.8 Å². The zero-order valence-corrected chi connectivity index (χ0v) is 13.0. The summed E-state index contributed by atoms with van der Waals surface area (Å²) < 4.78 is 31.2. The van der Waals surface area contributed by atoms with E-state index in [2.05, 4.69) is 23.6 Å². The second-order valence-corrected chi connectivity index (χ2v) is 7.18. The molecule has 0 aliphatic carbocycles. The van der Waals surface area contributed by atoms with Crippen molar-refractivity contribution in [3.05, 3.63) is 29.3 Å². The molecule has 1 aliphatic heterocycles. The summed E-state index contributed by atoms with van der Waals surface area (Å²) in [5.74, 6) is 0.905. The molecule has 1 heterocycles. The summed E-state index contributed by atoms with van der Waals surface area (Å²) in [6.45, 7) is 6.57. The van der Waals surface area contributed by atoms with Crippen molar-refractivity contribution in [3.8, 4) is 0 Å².